The molecule has 0 unspecified atom stereocenters. The fraction of sp³-hybridized carbons (Fsp3) is 0.600. The van der Waals surface area contributed by atoms with Crippen molar-refractivity contribution >= 4 is 0 Å². The number of nitrogens with zero attached hydrogens (tertiary/aromatic N) is 1. The van der Waals surface area contributed by atoms with E-state index in [1.807, 2.05) is 0 Å². The number of benzene rings is 1. The number of allylic oxidation sites excluding steroid dienone is 1. The summed E-state index contributed by atoms with van der Waals surface area (Å²) in [5.74, 6) is 0.760. The van der Waals surface area contributed by atoms with Gasteiger partial charge in [-0.25, -0.2) is 0 Å². The quantitative estimate of drug-likeness (QED) is 0.732. The van der Waals surface area contributed by atoms with Gasteiger partial charge in [-0.1, -0.05) is 57.2 Å². The first-order valence-electron chi connectivity index (χ1n) is 8.64. The van der Waals surface area contributed by atoms with Gasteiger partial charge in [0.15, 0.2) is 0 Å². The van der Waals surface area contributed by atoms with Crippen LogP contribution in [0.5, 0.6) is 0 Å². The van der Waals surface area contributed by atoms with Gasteiger partial charge in [0.25, 0.3) is 0 Å². The van der Waals surface area contributed by atoms with Crippen LogP contribution in [0.4, 0.5) is 0 Å². The molecular formula is C20H29N. The molecular weight excluding hydrogens is 254 g/mol. The molecule has 1 nitrogen and oxygen atoms in total. The predicted molar refractivity (Wildman–Crippen MR) is 90.7 cm³/mol. The summed E-state index contributed by atoms with van der Waals surface area (Å²) in [7, 11) is 0. The highest BCUT2D eigenvalue weighted by molar-refractivity contribution is 5.39. The standard InChI is InChI=1S/C20H29N/c1-4-5-6-9-13-21-14-12-20(3)16(2)19(21)15-17-10-7-8-11-18(17)20/h5-8,10-11,16,19H,4,9,12-15H2,1-3H3/t16-,19-,20-/m1/s1. The third-order valence-electron chi connectivity index (χ3n) is 6.02. The number of rotatable bonds is 4. The summed E-state index contributed by atoms with van der Waals surface area (Å²) in [5, 5.41) is 0. The van der Waals surface area contributed by atoms with Crippen molar-refractivity contribution in [3.63, 3.8) is 0 Å². The lowest BCUT2D eigenvalue weighted by Gasteiger charge is -2.54. The van der Waals surface area contributed by atoms with Crippen LogP contribution in [0, 0.1) is 5.92 Å². The molecule has 21 heavy (non-hydrogen) atoms. The Bertz CT molecular complexity index is 518. The largest absolute Gasteiger partial charge is 0.299 e. The topological polar surface area (TPSA) is 3.24 Å². The molecule has 0 radical (unpaired) electrons. The number of hydrogen-bond acceptors (Lipinski definition) is 1. The van der Waals surface area contributed by atoms with Crippen LogP contribution in [-0.2, 0) is 11.8 Å². The lowest BCUT2D eigenvalue weighted by Crippen LogP contribution is -2.58. The summed E-state index contributed by atoms with van der Waals surface area (Å²) in [6, 6.07) is 9.89. The average molecular weight is 283 g/mol. The van der Waals surface area contributed by atoms with Crippen LogP contribution < -0.4 is 0 Å². The molecule has 0 N–H and O–H groups in total. The summed E-state index contributed by atoms with van der Waals surface area (Å²) >= 11 is 0. The normalized spacial score (nSPS) is 32.3. The van der Waals surface area contributed by atoms with Gasteiger partial charge >= 0.3 is 0 Å². The van der Waals surface area contributed by atoms with Crippen molar-refractivity contribution in [1.29, 1.82) is 0 Å². The Morgan fingerprint density at radius 2 is 2.10 bits per heavy atom. The molecule has 0 saturated carbocycles. The first-order chi connectivity index (χ1) is 10.2. The number of hydrogen-bond donors (Lipinski definition) is 0. The molecule has 2 aliphatic rings. The summed E-state index contributed by atoms with van der Waals surface area (Å²) in [5.41, 5.74) is 3.60. The van der Waals surface area contributed by atoms with E-state index < -0.39 is 0 Å². The van der Waals surface area contributed by atoms with Gasteiger partial charge in [-0.2, -0.15) is 0 Å². The lowest BCUT2D eigenvalue weighted by molar-refractivity contribution is 0.0328. The molecule has 0 amide bonds. The van der Waals surface area contributed by atoms with E-state index >= 15 is 0 Å². The van der Waals surface area contributed by atoms with Gasteiger partial charge in [-0.05, 0) is 54.7 Å². The van der Waals surface area contributed by atoms with Crippen LogP contribution in [-0.4, -0.2) is 24.0 Å². The predicted octanol–water partition coefficient (Wildman–Crippen LogP) is 4.57. The van der Waals surface area contributed by atoms with E-state index in [-0.39, 0.29) is 0 Å². The fourth-order valence-corrected chi connectivity index (χ4v) is 4.48. The minimum Gasteiger partial charge on any atom is -0.299 e. The smallest absolute Gasteiger partial charge is 0.0170 e. The van der Waals surface area contributed by atoms with Crippen molar-refractivity contribution in [1.82, 2.24) is 4.90 Å². The molecule has 114 valence electrons. The zero-order valence-corrected chi connectivity index (χ0v) is 13.8. The van der Waals surface area contributed by atoms with Crippen LogP contribution >= 0.6 is 0 Å². The second-order valence-electron chi connectivity index (χ2n) is 7.09. The van der Waals surface area contributed by atoms with Gasteiger partial charge < -0.3 is 0 Å². The second-order valence-corrected chi connectivity index (χ2v) is 7.09. The van der Waals surface area contributed by atoms with E-state index in [0.717, 1.165) is 18.4 Å². The molecule has 1 saturated heterocycles. The first-order valence-corrected chi connectivity index (χ1v) is 8.64. The Labute approximate surface area is 130 Å². The van der Waals surface area contributed by atoms with Crippen LogP contribution in [0.3, 0.4) is 0 Å². The van der Waals surface area contributed by atoms with Gasteiger partial charge in [-0.3, -0.25) is 4.90 Å². The molecule has 1 heterocycles. The Morgan fingerprint density at radius 3 is 2.90 bits per heavy atom. The molecule has 0 aromatic heterocycles. The third kappa shape index (κ3) is 2.57. The molecule has 1 aromatic carbocycles. The average Bonchev–Trinajstić information content (AvgIpc) is 2.49. The first kappa shape index (κ1) is 14.8. The number of likely N-dealkylation sites (tertiary alicyclic amines) is 1. The van der Waals surface area contributed by atoms with Crippen molar-refractivity contribution < 1.29 is 0 Å². The van der Waals surface area contributed by atoms with Gasteiger partial charge in [-0.15, -0.1) is 0 Å². The monoisotopic (exact) mass is 283 g/mol. The Morgan fingerprint density at radius 1 is 1.29 bits per heavy atom. The van der Waals surface area contributed by atoms with Crippen LogP contribution in [0.25, 0.3) is 0 Å². The van der Waals surface area contributed by atoms with Crippen molar-refractivity contribution in [2.75, 3.05) is 13.1 Å². The highest BCUT2D eigenvalue weighted by atomic mass is 15.2. The maximum Gasteiger partial charge on any atom is 0.0170 e. The summed E-state index contributed by atoms with van der Waals surface area (Å²) in [4.78, 5) is 2.75. The van der Waals surface area contributed by atoms with E-state index in [2.05, 4.69) is 62.1 Å². The maximum absolute atomic E-state index is 2.75. The van der Waals surface area contributed by atoms with Crippen LogP contribution in [0.1, 0.15) is 51.2 Å². The number of fused-ring (bicyclic) bond motifs is 4. The van der Waals surface area contributed by atoms with Gasteiger partial charge in [0, 0.05) is 12.6 Å². The van der Waals surface area contributed by atoms with E-state index in [1.165, 1.54) is 32.4 Å². The highest BCUT2D eigenvalue weighted by Crippen LogP contribution is 2.48. The molecule has 1 aliphatic heterocycles. The minimum absolute atomic E-state index is 0.384. The fourth-order valence-electron chi connectivity index (χ4n) is 4.48. The van der Waals surface area contributed by atoms with Crippen molar-refractivity contribution in [2.24, 2.45) is 5.92 Å². The SMILES string of the molecule is CCC=CCCN1CC[C@@]2(C)c3ccccc3C[C@@H]1[C@H]2C. The molecule has 1 aromatic rings. The summed E-state index contributed by atoms with van der Waals surface area (Å²) in [6.45, 7) is 9.68. The van der Waals surface area contributed by atoms with E-state index in [4.69, 9.17) is 0 Å². The lowest BCUT2D eigenvalue weighted by atomic mass is 9.59. The van der Waals surface area contributed by atoms with E-state index in [0.29, 0.717) is 5.41 Å². The summed E-state index contributed by atoms with van der Waals surface area (Å²) in [6.07, 6.45) is 9.56. The Hall–Kier alpha value is -1.08. The molecule has 3 atom stereocenters. The zero-order valence-electron chi connectivity index (χ0n) is 13.8. The van der Waals surface area contributed by atoms with E-state index in [9.17, 15) is 0 Å². The Kier molecular flexibility index (Phi) is 4.21. The van der Waals surface area contributed by atoms with Crippen molar-refractivity contribution in [3.8, 4) is 0 Å². The summed E-state index contributed by atoms with van der Waals surface area (Å²) < 4.78 is 0. The van der Waals surface area contributed by atoms with Gasteiger partial charge in [0.1, 0.15) is 0 Å². The van der Waals surface area contributed by atoms with E-state index in [1.54, 1.807) is 11.1 Å². The van der Waals surface area contributed by atoms with Gasteiger partial charge in [0.05, 0.1) is 0 Å². The molecule has 1 fully saturated rings. The van der Waals surface area contributed by atoms with Crippen LogP contribution in [0.15, 0.2) is 36.4 Å². The van der Waals surface area contributed by atoms with Crippen molar-refractivity contribution in [2.45, 2.75) is 57.9 Å². The molecule has 2 bridgehead atoms. The number of piperidine rings is 1. The zero-order chi connectivity index (χ0) is 14.9. The minimum atomic E-state index is 0.384. The molecule has 0 spiro atoms. The Balaban J connectivity index is 1.80. The van der Waals surface area contributed by atoms with Crippen LogP contribution in [0.2, 0.25) is 0 Å². The maximum atomic E-state index is 2.75. The molecule has 1 aliphatic carbocycles. The molecule has 3 rings (SSSR count). The highest BCUT2D eigenvalue weighted by Gasteiger charge is 2.47. The second kappa shape index (κ2) is 5.96. The van der Waals surface area contributed by atoms with Gasteiger partial charge in [0.2, 0.25) is 0 Å². The van der Waals surface area contributed by atoms with Crippen molar-refractivity contribution in [3.05, 3.63) is 47.5 Å². The molecule has 1 heteroatoms. The third-order valence-corrected chi connectivity index (χ3v) is 6.02.